The Labute approximate surface area is 150 Å². The van der Waals surface area contributed by atoms with Crippen LogP contribution in [0.3, 0.4) is 0 Å². The molecule has 0 bridgehead atoms. The number of hydrogen-bond acceptors (Lipinski definition) is 5. The Balaban J connectivity index is 1.42. The van der Waals surface area contributed by atoms with E-state index in [1.807, 2.05) is 0 Å². The number of nitrogens with zero attached hydrogens (tertiary/aromatic N) is 3. The number of hydrogen-bond donors (Lipinski definition) is 1. The minimum absolute atomic E-state index is 0.0339. The minimum atomic E-state index is -0.521. The van der Waals surface area contributed by atoms with Crippen molar-refractivity contribution in [2.24, 2.45) is 0 Å². The van der Waals surface area contributed by atoms with Gasteiger partial charge in [0.05, 0.1) is 5.02 Å². The van der Waals surface area contributed by atoms with Crippen LogP contribution < -0.4 is 15.0 Å². The molecule has 1 N–H and O–H groups in total. The highest BCUT2D eigenvalue weighted by Crippen LogP contribution is 2.21. The number of anilines is 1. The zero-order valence-electron chi connectivity index (χ0n) is 13.5. The third kappa shape index (κ3) is 4.79. The van der Waals surface area contributed by atoms with Crippen molar-refractivity contribution >= 4 is 23.5 Å². The van der Waals surface area contributed by atoms with Gasteiger partial charge in [-0.15, -0.1) is 0 Å². The van der Waals surface area contributed by atoms with E-state index in [0.717, 1.165) is 25.9 Å². The van der Waals surface area contributed by atoms with Gasteiger partial charge >= 0.3 is 0 Å². The molecule has 2 heterocycles. The van der Waals surface area contributed by atoms with Crippen LogP contribution in [0.4, 0.5) is 10.3 Å². The summed E-state index contributed by atoms with van der Waals surface area (Å²) >= 11 is 5.68. The molecule has 8 heteroatoms. The molecule has 1 aromatic carbocycles. The predicted octanol–water partition coefficient (Wildman–Crippen LogP) is 2.43. The fourth-order valence-electron chi connectivity index (χ4n) is 2.66. The molecule has 0 unspecified atom stereocenters. The van der Waals surface area contributed by atoms with Crippen molar-refractivity contribution in [1.82, 2.24) is 15.3 Å². The maximum Gasteiger partial charge on any atom is 0.258 e. The smallest absolute Gasteiger partial charge is 0.258 e. The lowest BCUT2D eigenvalue weighted by atomic mass is 10.1. The molecule has 1 saturated heterocycles. The Morgan fingerprint density at radius 3 is 2.72 bits per heavy atom. The average molecular weight is 365 g/mol. The lowest BCUT2D eigenvalue weighted by Crippen LogP contribution is -2.46. The van der Waals surface area contributed by atoms with Crippen molar-refractivity contribution < 1.29 is 13.9 Å². The fourth-order valence-corrected chi connectivity index (χ4v) is 2.83. The molecule has 3 rings (SSSR count). The SMILES string of the molecule is O=C(COc1ccc(F)c(Cl)c1)NC1CCN(c2ncccn2)CC1. The molecule has 0 atom stereocenters. The van der Waals surface area contributed by atoms with Gasteiger partial charge in [-0.1, -0.05) is 11.6 Å². The number of nitrogens with one attached hydrogen (secondary N) is 1. The van der Waals surface area contributed by atoms with Crippen LogP contribution in [0.2, 0.25) is 5.02 Å². The summed E-state index contributed by atoms with van der Waals surface area (Å²) in [5.74, 6) is 0.337. The maximum atomic E-state index is 13.1. The highest BCUT2D eigenvalue weighted by molar-refractivity contribution is 6.30. The number of carbonyl (C=O) groups is 1. The summed E-state index contributed by atoms with van der Waals surface area (Å²) in [5.41, 5.74) is 0. The largest absolute Gasteiger partial charge is 0.484 e. The van der Waals surface area contributed by atoms with E-state index in [1.54, 1.807) is 18.5 Å². The number of aromatic nitrogens is 2. The topological polar surface area (TPSA) is 67.3 Å². The first-order chi connectivity index (χ1) is 12.1. The Morgan fingerprint density at radius 1 is 1.32 bits per heavy atom. The molecular weight excluding hydrogens is 347 g/mol. The van der Waals surface area contributed by atoms with E-state index in [2.05, 4.69) is 20.2 Å². The van der Waals surface area contributed by atoms with E-state index >= 15 is 0 Å². The number of amides is 1. The number of benzene rings is 1. The van der Waals surface area contributed by atoms with Crippen LogP contribution in [0, 0.1) is 5.82 Å². The molecule has 1 aliphatic heterocycles. The van der Waals surface area contributed by atoms with Gasteiger partial charge in [-0.3, -0.25) is 4.79 Å². The Kier molecular flexibility index (Phi) is 5.65. The van der Waals surface area contributed by atoms with Gasteiger partial charge in [-0.2, -0.15) is 0 Å². The van der Waals surface area contributed by atoms with Gasteiger partial charge in [0, 0.05) is 37.6 Å². The molecule has 0 saturated carbocycles. The normalized spacial score (nSPS) is 15.0. The highest BCUT2D eigenvalue weighted by atomic mass is 35.5. The number of rotatable bonds is 5. The summed E-state index contributed by atoms with van der Waals surface area (Å²) in [4.78, 5) is 22.6. The zero-order chi connectivity index (χ0) is 17.6. The Morgan fingerprint density at radius 2 is 2.04 bits per heavy atom. The van der Waals surface area contributed by atoms with Crippen LogP contribution in [-0.2, 0) is 4.79 Å². The van der Waals surface area contributed by atoms with Crippen LogP contribution in [-0.4, -0.2) is 41.6 Å². The highest BCUT2D eigenvalue weighted by Gasteiger charge is 2.22. The second-order valence-corrected chi connectivity index (χ2v) is 6.15. The van der Waals surface area contributed by atoms with Crippen LogP contribution in [0.5, 0.6) is 5.75 Å². The van der Waals surface area contributed by atoms with Gasteiger partial charge in [-0.05, 0) is 31.0 Å². The first-order valence-electron chi connectivity index (χ1n) is 8.01. The van der Waals surface area contributed by atoms with Crippen LogP contribution in [0.15, 0.2) is 36.7 Å². The number of ether oxygens (including phenoxy) is 1. The molecule has 2 aromatic rings. The minimum Gasteiger partial charge on any atom is -0.484 e. The molecule has 0 aliphatic carbocycles. The monoisotopic (exact) mass is 364 g/mol. The quantitative estimate of drug-likeness (QED) is 0.882. The van der Waals surface area contributed by atoms with Crippen molar-refractivity contribution in [1.29, 1.82) is 0 Å². The van der Waals surface area contributed by atoms with Crippen molar-refractivity contribution in [2.75, 3.05) is 24.6 Å². The van der Waals surface area contributed by atoms with Gasteiger partial charge in [0.1, 0.15) is 11.6 Å². The van der Waals surface area contributed by atoms with E-state index in [1.165, 1.54) is 18.2 Å². The van der Waals surface area contributed by atoms with E-state index in [4.69, 9.17) is 16.3 Å². The average Bonchev–Trinajstić information content (AvgIpc) is 2.64. The Bertz CT molecular complexity index is 724. The third-order valence-corrected chi connectivity index (χ3v) is 4.25. The molecule has 0 radical (unpaired) electrons. The predicted molar refractivity (Wildman–Crippen MR) is 92.3 cm³/mol. The summed E-state index contributed by atoms with van der Waals surface area (Å²) in [5, 5.41) is 2.91. The molecular formula is C17H18ClFN4O2. The molecule has 1 amide bonds. The van der Waals surface area contributed by atoms with Crippen LogP contribution in [0.25, 0.3) is 0 Å². The molecule has 25 heavy (non-hydrogen) atoms. The second kappa shape index (κ2) is 8.11. The van der Waals surface area contributed by atoms with Gasteiger partial charge < -0.3 is 15.0 Å². The Hall–Kier alpha value is -2.41. The summed E-state index contributed by atoms with van der Waals surface area (Å²) < 4.78 is 18.4. The van der Waals surface area contributed by atoms with Crippen LogP contribution in [0.1, 0.15) is 12.8 Å². The van der Waals surface area contributed by atoms with E-state index < -0.39 is 5.82 Å². The number of carbonyl (C=O) groups excluding carboxylic acids is 1. The van der Waals surface area contributed by atoms with Gasteiger partial charge in [0.2, 0.25) is 5.95 Å². The molecule has 1 aromatic heterocycles. The molecule has 132 valence electrons. The molecule has 1 fully saturated rings. The maximum absolute atomic E-state index is 13.1. The fraction of sp³-hybridized carbons (Fsp3) is 0.353. The second-order valence-electron chi connectivity index (χ2n) is 5.74. The molecule has 1 aliphatic rings. The van der Waals surface area contributed by atoms with Gasteiger partial charge in [-0.25, -0.2) is 14.4 Å². The summed E-state index contributed by atoms with van der Waals surface area (Å²) in [6, 6.07) is 5.87. The zero-order valence-corrected chi connectivity index (χ0v) is 14.2. The van der Waals surface area contributed by atoms with E-state index in [0.29, 0.717) is 11.7 Å². The lowest BCUT2D eigenvalue weighted by molar-refractivity contribution is -0.123. The number of piperidine rings is 1. The van der Waals surface area contributed by atoms with Gasteiger partial charge in [0.25, 0.3) is 5.91 Å². The third-order valence-electron chi connectivity index (χ3n) is 3.96. The van der Waals surface area contributed by atoms with E-state index in [9.17, 15) is 9.18 Å². The summed E-state index contributed by atoms with van der Waals surface area (Å²) in [6.07, 6.45) is 5.06. The van der Waals surface area contributed by atoms with Crippen molar-refractivity contribution in [3.63, 3.8) is 0 Å². The molecule has 6 nitrogen and oxygen atoms in total. The van der Waals surface area contributed by atoms with Crippen molar-refractivity contribution in [3.05, 3.63) is 47.5 Å². The standard InChI is InChI=1S/C17H18ClFN4O2/c18-14-10-13(2-3-15(14)19)25-11-16(24)22-12-4-8-23(9-5-12)17-20-6-1-7-21-17/h1-3,6-7,10,12H,4-5,8-9,11H2,(H,22,24). The van der Waals surface area contributed by atoms with Crippen LogP contribution >= 0.6 is 11.6 Å². The first-order valence-corrected chi connectivity index (χ1v) is 8.39. The molecule has 0 spiro atoms. The number of halogens is 2. The van der Waals surface area contributed by atoms with Gasteiger partial charge in [0.15, 0.2) is 6.61 Å². The van der Waals surface area contributed by atoms with Crippen molar-refractivity contribution in [3.8, 4) is 5.75 Å². The summed E-state index contributed by atoms with van der Waals surface area (Å²) in [6.45, 7) is 1.43. The summed E-state index contributed by atoms with van der Waals surface area (Å²) in [7, 11) is 0. The van der Waals surface area contributed by atoms with E-state index in [-0.39, 0.29) is 23.6 Å². The first kappa shape index (κ1) is 17.4. The lowest BCUT2D eigenvalue weighted by Gasteiger charge is -2.32. The van der Waals surface area contributed by atoms with Crippen molar-refractivity contribution in [2.45, 2.75) is 18.9 Å².